The number of carbonyl (C=O) groups is 1. The van der Waals surface area contributed by atoms with Crippen molar-refractivity contribution < 1.29 is 4.79 Å². The van der Waals surface area contributed by atoms with Gasteiger partial charge < -0.3 is 5.73 Å². The summed E-state index contributed by atoms with van der Waals surface area (Å²) in [5, 5.41) is 0. The van der Waals surface area contributed by atoms with Crippen molar-refractivity contribution in [2.24, 2.45) is 11.1 Å². The molecule has 2 heteroatoms. The summed E-state index contributed by atoms with van der Waals surface area (Å²) in [6.45, 7) is 0.466. The van der Waals surface area contributed by atoms with Gasteiger partial charge in [-0.2, -0.15) is 0 Å². The lowest BCUT2D eigenvalue weighted by atomic mass is 9.70. The van der Waals surface area contributed by atoms with E-state index in [0.29, 0.717) is 6.54 Å². The number of terminal acetylenes is 1. The van der Waals surface area contributed by atoms with Crippen molar-refractivity contribution >= 4 is 5.78 Å². The van der Waals surface area contributed by atoms with Crippen LogP contribution in [0.4, 0.5) is 0 Å². The Morgan fingerprint density at radius 3 is 2.46 bits per heavy atom. The van der Waals surface area contributed by atoms with Crippen LogP contribution in [0.5, 0.6) is 0 Å². The fourth-order valence-electron chi connectivity index (χ4n) is 2.11. The first-order chi connectivity index (χ1) is 6.25. The highest BCUT2D eigenvalue weighted by Gasteiger charge is 2.36. The molecule has 0 atom stereocenters. The average Bonchev–Trinajstić information content (AvgIpc) is 2.19. The van der Waals surface area contributed by atoms with E-state index < -0.39 is 0 Å². The first-order valence-corrected chi connectivity index (χ1v) is 4.92. The molecule has 0 unspecified atom stereocenters. The van der Waals surface area contributed by atoms with Crippen LogP contribution in [0.2, 0.25) is 0 Å². The molecule has 0 aromatic heterocycles. The highest BCUT2D eigenvalue weighted by molar-refractivity contribution is 5.87. The summed E-state index contributed by atoms with van der Waals surface area (Å²) in [4.78, 5) is 11.7. The quantitative estimate of drug-likeness (QED) is 0.667. The summed E-state index contributed by atoms with van der Waals surface area (Å²) >= 11 is 0. The maximum Gasteiger partial charge on any atom is 0.152 e. The molecular formula is C11H17NO. The molecule has 0 amide bonds. The minimum absolute atomic E-state index is 0.178. The number of rotatable bonds is 3. The Morgan fingerprint density at radius 2 is 2.00 bits per heavy atom. The largest absolute Gasteiger partial charge is 0.329 e. The van der Waals surface area contributed by atoms with Crippen molar-refractivity contribution in [3.63, 3.8) is 0 Å². The monoisotopic (exact) mass is 179 g/mol. The van der Waals surface area contributed by atoms with E-state index in [1.54, 1.807) is 0 Å². The molecule has 1 fully saturated rings. The zero-order chi connectivity index (χ0) is 9.73. The van der Waals surface area contributed by atoms with E-state index in [0.717, 1.165) is 25.7 Å². The fraction of sp³-hybridized carbons (Fsp3) is 0.727. The van der Waals surface area contributed by atoms with Crippen LogP contribution in [-0.4, -0.2) is 12.3 Å². The van der Waals surface area contributed by atoms with Gasteiger partial charge in [-0.25, -0.2) is 0 Å². The highest BCUT2D eigenvalue weighted by atomic mass is 16.1. The third-order valence-electron chi connectivity index (χ3n) is 3.06. The second kappa shape index (κ2) is 4.43. The number of hydrogen-bond donors (Lipinski definition) is 1. The highest BCUT2D eigenvalue weighted by Crippen LogP contribution is 2.36. The molecule has 0 heterocycles. The van der Waals surface area contributed by atoms with E-state index in [9.17, 15) is 4.79 Å². The van der Waals surface area contributed by atoms with Gasteiger partial charge in [-0.15, -0.1) is 6.42 Å². The molecule has 0 aromatic rings. The second-order valence-electron chi connectivity index (χ2n) is 3.85. The topological polar surface area (TPSA) is 43.1 Å². The summed E-state index contributed by atoms with van der Waals surface area (Å²) < 4.78 is 0. The van der Waals surface area contributed by atoms with Crippen LogP contribution in [0.25, 0.3) is 0 Å². The van der Waals surface area contributed by atoms with E-state index >= 15 is 0 Å². The number of ketones is 1. The van der Waals surface area contributed by atoms with Crippen molar-refractivity contribution in [3.8, 4) is 12.3 Å². The van der Waals surface area contributed by atoms with Crippen molar-refractivity contribution in [1.82, 2.24) is 0 Å². The number of carbonyl (C=O) groups excluding carboxylic acids is 1. The van der Waals surface area contributed by atoms with Gasteiger partial charge in [0.25, 0.3) is 0 Å². The lowest BCUT2D eigenvalue weighted by molar-refractivity contribution is -0.129. The first-order valence-electron chi connectivity index (χ1n) is 4.92. The van der Waals surface area contributed by atoms with Crippen LogP contribution < -0.4 is 5.73 Å². The van der Waals surface area contributed by atoms with Crippen LogP contribution >= 0.6 is 0 Å². The Morgan fingerprint density at radius 1 is 1.38 bits per heavy atom. The normalized spacial score (nSPS) is 20.6. The molecule has 1 aliphatic rings. The number of hydrogen-bond acceptors (Lipinski definition) is 2. The first kappa shape index (κ1) is 10.3. The average molecular weight is 179 g/mol. The lowest BCUT2D eigenvalue weighted by Crippen LogP contribution is -2.40. The van der Waals surface area contributed by atoms with Gasteiger partial charge in [0.15, 0.2) is 5.78 Å². The molecule has 0 spiro atoms. The van der Waals surface area contributed by atoms with Crippen molar-refractivity contribution in [2.45, 2.75) is 38.5 Å². The van der Waals surface area contributed by atoms with Crippen molar-refractivity contribution in [3.05, 3.63) is 0 Å². The molecule has 1 rings (SSSR count). The van der Waals surface area contributed by atoms with E-state index in [1.165, 1.54) is 6.42 Å². The predicted octanol–water partition coefficient (Wildman–Crippen LogP) is 1.49. The number of nitrogens with two attached hydrogens (primary N) is 1. The smallest absolute Gasteiger partial charge is 0.152 e. The predicted molar refractivity (Wildman–Crippen MR) is 53.0 cm³/mol. The zero-order valence-electron chi connectivity index (χ0n) is 8.01. The third kappa shape index (κ3) is 2.10. The van der Waals surface area contributed by atoms with E-state index in [2.05, 4.69) is 5.92 Å². The molecule has 0 saturated heterocycles. The molecule has 13 heavy (non-hydrogen) atoms. The SMILES string of the molecule is C#CCC(=O)C1(CN)CCCCC1. The summed E-state index contributed by atoms with van der Waals surface area (Å²) in [5.41, 5.74) is 5.41. The molecule has 0 radical (unpaired) electrons. The lowest BCUT2D eigenvalue weighted by Gasteiger charge is -2.34. The van der Waals surface area contributed by atoms with E-state index in [-0.39, 0.29) is 17.6 Å². The standard InChI is InChI=1S/C11H17NO/c1-2-6-10(13)11(9-12)7-4-3-5-8-11/h1H,3-9,12H2. The molecule has 0 bridgehead atoms. The minimum Gasteiger partial charge on any atom is -0.329 e. The van der Waals surface area contributed by atoms with E-state index in [4.69, 9.17) is 12.2 Å². The summed E-state index contributed by atoms with van der Waals surface area (Å²) in [5.74, 6) is 2.60. The van der Waals surface area contributed by atoms with Gasteiger partial charge >= 0.3 is 0 Å². The molecular weight excluding hydrogens is 162 g/mol. The van der Waals surface area contributed by atoms with Gasteiger partial charge in [0.1, 0.15) is 0 Å². The van der Waals surface area contributed by atoms with Gasteiger partial charge in [0.05, 0.1) is 6.42 Å². The van der Waals surface area contributed by atoms with Crippen LogP contribution in [0.15, 0.2) is 0 Å². The van der Waals surface area contributed by atoms with E-state index in [1.807, 2.05) is 0 Å². The summed E-state index contributed by atoms with van der Waals surface area (Å²) in [7, 11) is 0. The number of Topliss-reactive ketones (excluding diaryl/α,β-unsaturated/α-hetero) is 1. The van der Waals surface area contributed by atoms with Crippen molar-refractivity contribution in [1.29, 1.82) is 0 Å². The summed E-state index contributed by atoms with van der Waals surface area (Å²) in [6, 6.07) is 0. The second-order valence-corrected chi connectivity index (χ2v) is 3.85. The van der Waals surface area contributed by atoms with Gasteiger partial charge in [-0.3, -0.25) is 4.79 Å². The Labute approximate surface area is 79.9 Å². The Kier molecular flexibility index (Phi) is 3.50. The fourth-order valence-corrected chi connectivity index (χ4v) is 2.11. The van der Waals surface area contributed by atoms with Gasteiger partial charge in [0.2, 0.25) is 0 Å². The molecule has 0 aromatic carbocycles. The molecule has 2 N–H and O–H groups in total. The Hall–Kier alpha value is -0.810. The Bertz CT molecular complexity index is 221. The van der Waals surface area contributed by atoms with Gasteiger partial charge in [-0.1, -0.05) is 25.2 Å². The third-order valence-corrected chi connectivity index (χ3v) is 3.06. The summed E-state index contributed by atoms with van der Waals surface area (Å²) in [6.07, 6.45) is 10.7. The van der Waals surface area contributed by atoms with Crippen LogP contribution in [0.1, 0.15) is 38.5 Å². The van der Waals surface area contributed by atoms with Crippen molar-refractivity contribution in [2.75, 3.05) is 6.54 Å². The minimum atomic E-state index is -0.273. The van der Waals surface area contributed by atoms with Gasteiger partial charge in [0, 0.05) is 12.0 Å². The van der Waals surface area contributed by atoms with Gasteiger partial charge in [-0.05, 0) is 12.8 Å². The molecule has 2 nitrogen and oxygen atoms in total. The van der Waals surface area contributed by atoms with Crippen LogP contribution in [-0.2, 0) is 4.79 Å². The maximum absolute atomic E-state index is 11.7. The van der Waals surface area contributed by atoms with Crippen LogP contribution in [0.3, 0.4) is 0 Å². The Balaban J connectivity index is 2.67. The van der Waals surface area contributed by atoms with Crippen LogP contribution in [0, 0.1) is 17.8 Å². The molecule has 1 saturated carbocycles. The zero-order valence-corrected chi connectivity index (χ0v) is 8.01. The molecule has 1 aliphatic carbocycles. The maximum atomic E-state index is 11.7. The molecule has 0 aliphatic heterocycles. The molecule has 72 valence electrons.